The molecule has 0 unspecified atom stereocenters. The standard InChI is InChI=1S/C14H15ClF3N3/c1-8-4-9(2)6-10(5-8)19-7-11-12(14(16,17)18)20-21(3)13(11)15/h4-6,19H,7H2,1-3H3. The lowest BCUT2D eigenvalue weighted by Gasteiger charge is -2.10. The van der Waals surface area contributed by atoms with Crippen LogP contribution in [0.5, 0.6) is 0 Å². The van der Waals surface area contributed by atoms with Crippen LogP contribution in [-0.4, -0.2) is 9.78 Å². The van der Waals surface area contributed by atoms with Crippen LogP contribution in [0.25, 0.3) is 0 Å². The van der Waals surface area contributed by atoms with Crippen molar-refractivity contribution in [1.82, 2.24) is 9.78 Å². The van der Waals surface area contributed by atoms with Crippen LogP contribution in [0.15, 0.2) is 18.2 Å². The molecule has 0 aliphatic carbocycles. The summed E-state index contributed by atoms with van der Waals surface area (Å²) in [6, 6.07) is 5.72. The predicted octanol–water partition coefficient (Wildman–Crippen LogP) is 4.32. The Morgan fingerprint density at radius 1 is 1.19 bits per heavy atom. The van der Waals surface area contributed by atoms with Crippen LogP contribution in [0, 0.1) is 13.8 Å². The third kappa shape index (κ3) is 3.50. The topological polar surface area (TPSA) is 29.9 Å². The quantitative estimate of drug-likeness (QED) is 0.913. The molecule has 21 heavy (non-hydrogen) atoms. The maximum atomic E-state index is 12.9. The van der Waals surface area contributed by atoms with Crippen molar-refractivity contribution < 1.29 is 13.2 Å². The molecule has 2 rings (SSSR count). The molecule has 2 aromatic rings. The Hall–Kier alpha value is -1.69. The number of aromatic nitrogens is 2. The first-order valence-electron chi connectivity index (χ1n) is 6.29. The van der Waals surface area contributed by atoms with Crippen LogP contribution in [0.4, 0.5) is 18.9 Å². The van der Waals surface area contributed by atoms with E-state index in [1.807, 2.05) is 32.0 Å². The van der Waals surface area contributed by atoms with E-state index in [9.17, 15) is 13.2 Å². The minimum Gasteiger partial charge on any atom is -0.381 e. The van der Waals surface area contributed by atoms with E-state index < -0.39 is 11.9 Å². The Labute approximate surface area is 125 Å². The Kier molecular flexibility index (Phi) is 4.18. The Balaban J connectivity index is 2.28. The number of nitrogens with zero attached hydrogens (tertiary/aromatic N) is 2. The zero-order chi connectivity index (χ0) is 15.8. The highest BCUT2D eigenvalue weighted by atomic mass is 35.5. The fourth-order valence-electron chi connectivity index (χ4n) is 2.20. The zero-order valence-corrected chi connectivity index (χ0v) is 12.6. The molecule has 1 heterocycles. The lowest BCUT2D eigenvalue weighted by atomic mass is 10.1. The molecule has 0 radical (unpaired) electrons. The van der Waals surface area contributed by atoms with Gasteiger partial charge in [-0.15, -0.1) is 0 Å². The molecule has 0 spiro atoms. The van der Waals surface area contributed by atoms with E-state index in [1.165, 1.54) is 7.05 Å². The second-order valence-electron chi connectivity index (χ2n) is 4.97. The number of anilines is 1. The highest BCUT2D eigenvalue weighted by Gasteiger charge is 2.38. The van der Waals surface area contributed by atoms with E-state index in [1.54, 1.807) is 0 Å². The largest absolute Gasteiger partial charge is 0.435 e. The first-order chi connectivity index (χ1) is 9.68. The number of alkyl halides is 3. The van der Waals surface area contributed by atoms with Crippen LogP contribution >= 0.6 is 11.6 Å². The van der Waals surface area contributed by atoms with Crippen molar-refractivity contribution in [1.29, 1.82) is 0 Å². The van der Waals surface area contributed by atoms with E-state index in [4.69, 9.17) is 11.6 Å². The molecule has 0 aliphatic rings. The third-order valence-corrected chi connectivity index (χ3v) is 3.50. The second kappa shape index (κ2) is 5.60. The molecule has 1 aromatic heterocycles. The molecule has 0 saturated carbocycles. The first-order valence-corrected chi connectivity index (χ1v) is 6.67. The summed E-state index contributed by atoms with van der Waals surface area (Å²) in [5.74, 6) is 0. The molecule has 0 bridgehead atoms. The van der Waals surface area contributed by atoms with Gasteiger partial charge in [0, 0.05) is 24.8 Å². The Morgan fingerprint density at radius 2 is 1.76 bits per heavy atom. The summed E-state index contributed by atoms with van der Waals surface area (Å²) < 4.78 is 39.8. The van der Waals surface area contributed by atoms with E-state index >= 15 is 0 Å². The Morgan fingerprint density at radius 3 is 2.29 bits per heavy atom. The van der Waals surface area contributed by atoms with Gasteiger partial charge in [0.25, 0.3) is 0 Å². The Bertz CT molecular complexity index is 642. The van der Waals surface area contributed by atoms with Crippen LogP contribution in [0.3, 0.4) is 0 Å². The van der Waals surface area contributed by atoms with Crippen molar-refractivity contribution in [3.8, 4) is 0 Å². The van der Waals surface area contributed by atoms with Crippen molar-refractivity contribution in [2.24, 2.45) is 7.05 Å². The molecule has 3 nitrogen and oxygen atoms in total. The van der Waals surface area contributed by atoms with Crippen LogP contribution < -0.4 is 5.32 Å². The van der Waals surface area contributed by atoms with Gasteiger partial charge in [-0.25, -0.2) is 0 Å². The number of hydrogen-bond donors (Lipinski definition) is 1. The summed E-state index contributed by atoms with van der Waals surface area (Å²) >= 11 is 5.91. The van der Waals surface area contributed by atoms with Gasteiger partial charge in [-0.2, -0.15) is 18.3 Å². The molecule has 114 valence electrons. The van der Waals surface area contributed by atoms with Gasteiger partial charge in [-0.3, -0.25) is 4.68 Å². The molecule has 0 aliphatic heterocycles. The fraction of sp³-hybridized carbons (Fsp3) is 0.357. The summed E-state index contributed by atoms with van der Waals surface area (Å²) in [4.78, 5) is 0. The average molecular weight is 318 g/mol. The predicted molar refractivity (Wildman–Crippen MR) is 76.5 cm³/mol. The van der Waals surface area contributed by atoms with Gasteiger partial charge in [0.05, 0.1) is 0 Å². The SMILES string of the molecule is Cc1cc(C)cc(NCc2c(C(F)(F)F)nn(C)c2Cl)c1. The van der Waals surface area contributed by atoms with Gasteiger partial charge >= 0.3 is 6.18 Å². The van der Waals surface area contributed by atoms with Gasteiger partial charge in [0.15, 0.2) is 5.69 Å². The highest BCUT2D eigenvalue weighted by molar-refractivity contribution is 6.30. The van der Waals surface area contributed by atoms with Crippen molar-refractivity contribution >= 4 is 17.3 Å². The fourth-order valence-corrected chi connectivity index (χ4v) is 2.39. The minimum absolute atomic E-state index is 0.0146. The summed E-state index contributed by atoms with van der Waals surface area (Å²) in [5, 5.41) is 6.41. The van der Waals surface area contributed by atoms with Gasteiger partial charge in [0.2, 0.25) is 0 Å². The summed E-state index contributed by atoms with van der Waals surface area (Å²) in [7, 11) is 1.39. The van der Waals surface area contributed by atoms with Crippen molar-refractivity contribution in [2.75, 3.05) is 5.32 Å². The number of benzene rings is 1. The summed E-state index contributed by atoms with van der Waals surface area (Å²) in [6.45, 7) is 3.82. The van der Waals surface area contributed by atoms with Crippen molar-refractivity contribution in [3.05, 3.63) is 45.7 Å². The first kappa shape index (κ1) is 15.7. The molecule has 1 aromatic carbocycles. The molecule has 0 fully saturated rings. The summed E-state index contributed by atoms with van der Waals surface area (Å²) in [6.07, 6.45) is -4.52. The smallest absolute Gasteiger partial charge is 0.381 e. The number of aryl methyl sites for hydroxylation is 3. The average Bonchev–Trinajstić information content (AvgIpc) is 2.62. The molecular formula is C14H15ClF3N3. The monoisotopic (exact) mass is 317 g/mol. The molecule has 0 amide bonds. The molecule has 1 N–H and O–H groups in total. The maximum absolute atomic E-state index is 12.9. The number of hydrogen-bond acceptors (Lipinski definition) is 2. The van der Waals surface area contributed by atoms with Gasteiger partial charge in [0.1, 0.15) is 5.15 Å². The van der Waals surface area contributed by atoms with E-state index in [0.29, 0.717) is 0 Å². The van der Waals surface area contributed by atoms with Crippen LogP contribution in [0.2, 0.25) is 5.15 Å². The van der Waals surface area contributed by atoms with Crippen molar-refractivity contribution in [3.63, 3.8) is 0 Å². The van der Waals surface area contributed by atoms with E-state index in [2.05, 4.69) is 10.4 Å². The highest BCUT2D eigenvalue weighted by Crippen LogP contribution is 2.34. The van der Waals surface area contributed by atoms with E-state index in [-0.39, 0.29) is 17.3 Å². The normalized spacial score (nSPS) is 11.8. The molecular weight excluding hydrogens is 303 g/mol. The molecule has 7 heteroatoms. The van der Waals surface area contributed by atoms with Crippen LogP contribution in [0.1, 0.15) is 22.4 Å². The minimum atomic E-state index is -4.52. The second-order valence-corrected chi connectivity index (χ2v) is 5.33. The number of nitrogens with one attached hydrogen (secondary N) is 1. The zero-order valence-electron chi connectivity index (χ0n) is 11.8. The number of rotatable bonds is 3. The lowest BCUT2D eigenvalue weighted by Crippen LogP contribution is -2.11. The maximum Gasteiger partial charge on any atom is 0.435 e. The van der Waals surface area contributed by atoms with Gasteiger partial charge in [-0.05, 0) is 37.1 Å². The third-order valence-electron chi connectivity index (χ3n) is 3.03. The molecule has 0 atom stereocenters. The lowest BCUT2D eigenvalue weighted by molar-refractivity contribution is -0.142. The summed E-state index contributed by atoms with van der Waals surface area (Å²) in [5.41, 5.74) is 1.81. The van der Waals surface area contributed by atoms with E-state index in [0.717, 1.165) is 21.5 Å². The van der Waals surface area contributed by atoms with Gasteiger partial charge in [-0.1, -0.05) is 17.7 Å². The molecule has 0 saturated heterocycles. The van der Waals surface area contributed by atoms with Crippen molar-refractivity contribution in [2.45, 2.75) is 26.6 Å². The van der Waals surface area contributed by atoms with Gasteiger partial charge < -0.3 is 5.32 Å². The van der Waals surface area contributed by atoms with Crippen LogP contribution in [-0.2, 0) is 19.8 Å². The number of halogens is 4.